The van der Waals surface area contributed by atoms with Crippen LogP contribution in [0.3, 0.4) is 0 Å². The molecule has 1 saturated heterocycles. The van der Waals surface area contributed by atoms with Gasteiger partial charge in [0.25, 0.3) is 6.43 Å². The zero-order valence-corrected chi connectivity index (χ0v) is 11.0. The highest BCUT2D eigenvalue weighted by Gasteiger charge is 2.45. The maximum atomic E-state index is 13.1. The van der Waals surface area contributed by atoms with Crippen molar-refractivity contribution in [3.05, 3.63) is 12.0 Å². The number of nitrogen functional groups attached to an aromatic ring is 1. The lowest BCUT2D eigenvalue weighted by atomic mass is 10.1. The van der Waals surface area contributed by atoms with Gasteiger partial charge < -0.3 is 25.8 Å². The molecule has 3 heterocycles. The van der Waals surface area contributed by atoms with Crippen LogP contribution in [-0.4, -0.2) is 60.0 Å². The van der Waals surface area contributed by atoms with E-state index in [-0.39, 0.29) is 16.9 Å². The number of aromatic nitrogens is 4. The first-order valence-corrected chi connectivity index (χ1v) is 6.35. The summed E-state index contributed by atoms with van der Waals surface area (Å²) in [6, 6.07) is 0. The van der Waals surface area contributed by atoms with Crippen LogP contribution in [0.15, 0.2) is 6.33 Å². The van der Waals surface area contributed by atoms with Gasteiger partial charge in [0.1, 0.15) is 36.2 Å². The molecule has 1 aliphatic rings. The van der Waals surface area contributed by atoms with Gasteiger partial charge in [-0.2, -0.15) is 5.10 Å². The van der Waals surface area contributed by atoms with E-state index in [9.17, 15) is 19.0 Å². The maximum absolute atomic E-state index is 13.1. The summed E-state index contributed by atoms with van der Waals surface area (Å²) in [5, 5.41) is 32.4. The van der Waals surface area contributed by atoms with Gasteiger partial charge in [-0.3, -0.25) is 0 Å². The van der Waals surface area contributed by atoms with Crippen LogP contribution in [0.4, 0.5) is 14.6 Å². The van der Waals surface area contributed by atoms with Crippen molar-refractivity contribution in [2.75, 3.05) is 12.3 Å². The van der Waals surface area contributed by atoms with Crippen molar-refractivity contribution in [3.63, 3.8) is 0 Å². The minimum atomic E-state index is -2.94. The molecule has 4 atom stereocenters. The monoisotopic (exact) mass is 317 g/mol. The van der Waals surface area contributed by atoms with Crippen LogP contribution in [0, 0.1) is 0 Å². The molecule has 2 aromatic heterocycles. The number of hydrogen-bond acceptors (Lipinski definition) is 8. The van der Waals surface area contributed by atoms with Crippen molar-refractivity contribution in [2.45, 2.75) is 31.0 Å². The van der Waals surface area contributed by atoms with Crippen LogP contribution < -0.4 is 5.73 Å². The highest BCUT2D eigenvalue weighted by Crippen LogP contribution is 2.35. The topological polar surface area (TPSA) is 140 Å². The lowest BCUT2D eigenvalue weighted by Crippen LogP contribution is -2.33. The molecular formula is C11H13F2N5O4. The fourth-order valence-electron chi connectivity index (χ4n) is 2.43. The van der Waals surface area contributed by atoms with Gasteiger partial charge >= 0.3 is 0 Å². The molecule has 0 aromatic carbocycles. The molecule has 22 heavy (non-hydrogen) atoms. The molecule has 0 saturated carbocycles. The van der Waals surface area contributed by atoms with Gasteiger partial charge in [-0.1, -0.05) is 0 Å². The van der Waals surface area contributed by atoms with Gasteiger partial charge in [-0.25, -0.2) is 23.4 Å². The Labute approximate surface area is 122 Å². The highest BCUT2D eigenvalue weighted by molar-refractivity contribution is 5.88. The summed E-state index contributed by atoms with van der Waals surface area (Å²) >= 11 is 0. The third kappa shape index (κ3) is 2.09. The van der Waals surface area contributed by atoms with E-state index in [1.807, 2.05) is 0 Å². The molecule has 0 unspecified atom stereocenters. The fraction of sp³-hybridized carbons (Fsp3) is 0.545. The molecule has 1 aliphatic heterocycles. The number of halogens is 2. The maximum Gasteiger partial charge on any atom is 0.282 e. The minimum absolute atomic E-state index is 0.0577. The van der Waals surface area contributed by atoms with Gasteiger partial charge in [0, 0.05) is 0 Å². The summed E-state index contributed by atoms with van der Waals surface area (Å²) in [4.78, 5) is 7.48. The average Bonchev–Trinajstić information content (AvgIpc) is 3.00. The molecule has 0 aliphatic carbocycles. The lowest BCUT2D eigenvalue weighted by Gasteiger charge is -2.15. The molecular weight excluding hydrogens is 304 g/mol. The van der Waals surface area contributed by atoms with Crippen molar-refractivity contribution < 1.29 is 28.8 Å². The Hall–Kier alpha value is -1.95. The van der Waals surface area contributed by atoms with E-state index in [1.165, 1.54) is 0 Å². The molecule has 11 heteroatoms. The number of hydrogen-bond donors (Lipinski definition) is 4. The number of aliphatic hydroxyl groups is 3. The predicted octanol–water partition coefficient (Wildman–Crippen LogP) is -1.04. The molecule has 0 amide bonds. The summed E-state index contributed by atoms with van der Waals surface area (Å²) in [6.07, 6.45) is -7.07. The fourth-order valence-corrected chi connectivity index (χ4v) is 2.43. The molecule has 0 bridgehead atoms. The van der Waals surface area contributed by atoms with Crippen LogP contribution in [0.5, 0.6) is 0 Å². The smallest absolute Gasteiger partial charge is 0.282 e. The molecule has 2 aromatic rings. The van der Waals surface area contributed by atoms with E-state index in [2.05, 4.69) is 15.1 Å². The third-order valence-corrected chi connectivity index (χ3v) is 3.51. The van der Waals surface area contributed by atoms with Gasteiger partial charge in [0.15, 0.2) is 11.9 Å². The largest absolute Gasteiger partial charge is 0.394 e. The van der Waals surface area contributed by atoms with E-state index in [1.54, 1.807) is 0 Å². The molecule has 120 valence electrons. The van der Waals surface area contributed by atoms with Gasteiger partial charge in [0.05, 0.1) is 12.0 Å². The first kappa shape index (κ1) is 15.0. The van der Waals surface area contributed by atoms with Crippen molar-refractivity contribution >= 4 is 16.9 Å². The van der Waals surface area contributed by atoms with E-state index in [0.717, 1.165) is 11.0 Å². The normalized spacial score (nSPS) is 28.8. The number of alkyl halides is 2. The second-order valence-corrected chi connectivity index (χ2v) is 4.82. The summed E-state index contributed by atoms with van der Waals surface area (Å²) < 4.78 is 32.4. The summed E-state index contributed by atoms with van der Waals surface area (Å²) in [5.41, 5.74) is 4.89. The Morgan fingerprint density at radius 1 is 1.32 bits per heavy atom. The standard InChI is InChI=1S/C11H13F2N5O4/c12-8(13)5-4-9(14)15-2-16-10(4)18(17-5)11-7(21)6(20)3(1-19)22-11/h2-3,6-8,11,19-21H,1H2,(H2,14,15,16)/t3-,6-,7-,11-/m1/s1. The molecule has 5 N–H and O–H groups in total. The van der Waals surface area contributed by atoms with Crippen molar-refractivity contribution in [2.24, 2.45) is 0 Å². The quantitative estimate of drug-likeness (QED) is 0.563. The van der Waals surface area contributed by atoms with E-state index < -0.39 is 43.3 Å². The van der Waals surface area contributed by atoms with Gasteiger partial charge in [0.2, 0.25) is 0 Å². The predicted molar refractivity (Wildman–Crippen MR) is 67.7 cm³/mol. The average molecular weight is 317 g/mol. The lowest BCUT2D eigenvalue weighted by molar-refractivity contribution is -0.0572. The van der Waals surface area contributed by atoms with Gasteiger partial charge in [-0.15, -0.1) is 0 Å². The summed E-state index contributed by atoms with van der Waals surface area (Å²) in [6.45, 7) is -0.549. The molecule has 9 nitrogen and oxygen atoms in total. The Morgan fingerprint density at radius 3 is 2.64 bits per heavy atom. The van der Waals surface area contributed by atoms with E-state index >= 15 is 0 Å². The number of anilines is 1. The summed E-state index contributed by atoms with van der Waals surface area (Å²) in [5.74, 6) is -0.182. The number of fused-ring (bicyclic) bond motifs is 1. The van der Waals surface area contributed by atoms with Gasteiger partial charge in [-0.05, 0) is 0 Å². The Morgan fingerprint density at radius 2 is 2.05 bits per heavy atom. The number of nitrogens with two attached hydrogens (primary N) is 1. The highest BCUT2D eigenvalue weighted by atomic mass is 19.3. The molecule has 3 rings (SSSR count). The SMILES string of the molecule is Nc1ncnc2c1c(C(F)F)nn2[C@@H]1O[C@H](CO)[C@@H](O)[C@H]1O. The van der Waals surface area contributed by atoms with Crippen LogP contribution in [0.25, 0.3) is 11.0 Å². The van der Waals surface area contributed by atoms with Crippen LogP contribution in [0.2, 0.25) is 0 Å². The van der Waals surface area contributed by atoms with Crippen molar-refractivity contribution in [1.29, 1.82) is 0 Å². The Balaban J connectivity index is 2.14. The van der Waals surface area contributed by atoms with Crippen LogP contribution in [-0.2, 0) is 4.74 Å². The minimum Gasteiger partial charge on any atom is -0.394 e. The number of ether oxygens (including phenoxy) is 1. The van der Waals surface area contributed by atoms with Crippen LogP contribution >= 0.6 is 0 Å². The van der Waals surface area contributed by atoms with E-state index in [0.29, 0.717) is 0 Å². The Bertz CT molecular complexity index is 696. The second kappa shape index (κ2) is 5.35. The zero-order chi connectivity index (χ0) is 16.0. The Kier molecular flexibility index (Phi) is 3.64. The molecule has 0 spiro atoms. The van der Waals surface area contributed by atoms with Crippen molar-refractivity contribution in [1.82, 2.24) is 19.7 Å². The first-order valence-electron chi connectivity index (χ1n) is 6.35. The number of rotatable bonds is 3. The second-order valence-electron chi connectivity index (χ2n) is 4.82. The number of nitrogens with zero attached hydrogens (tertiary/aromatic N) is 4. The molecule has 1 fully saturated rings. The summed E-state index contributed by atoms with van der Waals surface area (Å²) in [7, 11) is 0. The van der Waals surface area contributed by atoms with Crippen molar-refractivity contribution in [3.8, 4) is 0 Å². The van der Waals surface area contributed by atoms with E-state index in [4.69, 9.17) is 15.6 Å². The number of aliphatic hydroxyl groups excluding tert-OH is 3. The third-order valence-electron chi connectivity index (χ3n) is 3.51. The van der Waals surface area contributed by atoms with Crippen LogP contribution in [0.1, 0.15) is 18.3 Å². The molecule has 0 radical (unpaired) electrons. The zero-order valence-electron chi connectivity index (χ0n) is 11.0. The first-order chi connectivity index (χ1) is 10.5.